The van der Waals surface area contributed by atoms with Gasteiger partial charge < -0.3 is 10.6 Å². The minimum atomic E-state index is -4.54. The van der Waals surface area contributed by atoms with Crippen LogP contribution in [0.15, 0.2) is 59.5 Å². The van der Waals surface area contributed by atoms with Crippen molar-refractivity contribution in [1.82, 2.24) is 15.0 Å². The summed E-state index contributed by atoms with van der Waals surface area (Å²) >= 11 is 0. The average Bonchev–Trinajstić information content (AvgIpc) is 2.80. The molecule has 0 spiro atoms. The number of pyridine rings is 1. The number of anilines is 2. The van der Waals surface area contributed by atoms with Gasteiger partial charge in [0.05, 0.1) is 11.2 Å². The average molecular weight is 524 g/mol. The van der Waals surface area contributed by atoms with Crippen molar-refractivity contribution in [3.63, 3.8) is 0 Å². The molecule has 188 valence electrons. The van der Waals surface area contributed by atoms with E-state index in [1.54, 1.807) is 6.07 Å². The number of rotatable bonds is 7. The molecule has 2 heterocycles. The molecule has 0 atom stereocenters. The first-order chi connectivity index (χ1) is 16.9. The first-order valence-corrected chi connectivity index (χ1v) is 11.7. The van der Waals surface area contributed by atoms with Crippen molar-refractivity contribution < 1.29 is 30.4 Å². The van der Waals surface area contributed by atoms with Crippen molar-refractivity contribution in [3.05, 3.63) is 71.8 Å². The van der Waals surface area contributed by atoms with Gasteiger partial charge in [-0.15, -0.1) is 0 Å². The van der Waals surface area contributed by atoms with Crippen molar-refractivity contribution >= 4 is 32.8 Å². The molecule has 4 aromatic rings. The van der Waals surface area contributed by atoms with Gasteiger partial charge in [0.25, 0.3) is 0 Å². The Morgan fingerprint density at radius 1 is 0.889 bits per heavy atom. The van der Waals surface area contributed by atoms with E-state index >= 15 is 0 Å². The molecular weight excluding hydrogens is 507 g/mol. The molecule has 0 saturated carbocycles. The number of nitrogens with one attached hydrogen (secondary N) is 2. The summed E-state index contributed by atoms with van der Waals surface area (Å²) in [5, 5.41) is 9.92. The van der Waals surface area contributed by atoms with Gasteiger partial charge in [-0.05, 0) is 54.1 Å². The van der Waals surface area contributed by atoms with Gasteiger partial charge in [-0.1, -0.05) is 6.07 Å². The largest absolute Gasteiger partial charge is 0.405 e. The van der Waals surface area contributed by atoms with Gasteiger partial charge in [0.1, 0.15) is 28.6 Å². The van der Waals surface area contributed by atoms with E-state index < -0.39 is 39.3 Å². The number of alkyl halides is 3. The van der Waals surface area contributed by atoms with Crippen molar-refractivity contribution in [2.24, 2.45) is 5.14 Å². The molecule has 0 aliphatic carbocycles. The molecule has 0 fully saturated rings. The lowest BCUT2D eigenvalue weighted by Gasteiger charge is -2.14. The SMILES string of the molecule is NS(=O)(=O)c1ccc(CNc2nc(NCC(F)(F)F)c3nc(-c4ccc(F)cc4)ccc3n2)cc1F. The first kappa shape index (κ1) is 25.2. The second-order valence-corrected chi connectivity index (χ2v) is 9.13. The minimum absolute atomic E-state index is 0.0511. The van der Waals surface area contributed by atoms with Gasteiger partial charge in [-0.2, -0.15) is 18.2 Å². The lowest BCUT2D eigenvalue weighted by atomic mass is 10.1. The standard InChI is InChI=1S/C22H17F5N6O2S/c23-14-4-2-13(3-5-14)16-6-7-17-19(31-16)20(30-11-22(25,26)27)33-21(32-17)29-10-12-1-8-18(15(24)9-12)36(28,34)35/h1-9H,10-11H2,(H2,28,34,35)(H2,29,30,32,33). The van der Waals surface area contributed by atoms with E-state index in [9.17, 15) is 30.4 Å². The minimum Gasteiger partial charge on any atom is -0.359 e. The molecule has 0 aliphatic rings. The van der Waals surface area contributed by atoms with Crippen molar-refractivity contribution in [3.8, 4) is 11.3 Å². The molecule has 0 amide bonds. The predicted octanol–water partition coefficient (Wildman–Crippen LogP) is 4.20. The van der Waals surface area contributed by atoms with Gasteiger partial charge in [0.2, 0.25) is 16.0 Å². The molecule has 4 N–H and O–H groups in total. The van der Waals surface area contributed by atoms with Crippen LogP contribution in [0.5, 0.6) is 0 Å². The van der Waals surface area contributed by atoms with Crippen LogP contribution in [0.3, 0.4) is 0 Å². The highest BCUT2D eigenvalue weighted by atomic mass is 32.2. The number of hydrogen-bond acceptors (Lipinski definition) is 7. The van der Waals surface area contributed by atoms with E-state index in [-0.39, 0.29) is 29.3 Å². The van der Waals surface area contributed by atoms with Crippen LogP contribution in [0.2, 0.25) is 0 Å². The van der Waals surface area contributed by atoms with Gasteiger partial charge in [-0.25, -0.2) is 32.3 Å². The second kappa shape index (κ2) is 9.62. The predicted molar refractivity (Wildman–Crippen MR) is 122 cm³/mol. The number of halogens is 5. The van der Waals surface area contributed by atoms with E-state index in [4.69, 9.17) is 5.14 Å². The molecule has 8 nitrogen and oxygen atoms in total. The third-order valence-electron chi connectivity index (χ3n) is 4.89. The summed E-state index contributed by atoms with van der Waals surface area (Å²) < 4.78 is 88.7. The lowest BCUT2D eigenvalue weighted by molar-refractivity contribution is -0.115. The molecule has 0 unspecified atom stereocenters. The molecule has 0 radical (unpaired) electrons. The van der Waals surface area contributed by atoms with Crippen LogP contribution in [0.25, 0.3) is 22.3 Å². The van der Waals surface area contributed by atoms with E-state index in [1.807, 2.05) is 0 Å². The number of nitrogens with zero attached hydrogens (tertiary/aromatic N) is 3. The zero-order valence-electron chi connectivity index (χ0n) is 18.1. The van der Waals surface area contributed by atoms with Crippen LogP contribution in [-0.4, -0.2) is 36.1 Å². The highest BCUT2D eigenvalue weighted by Gasteiger charge is 2.27. The Balaban J connectivity index is 1.66. The maximum absolute atomic E-state index is 14.1. The van der Waals surface area contributed by atoms with Crippen LogP contribution >= 0.6 is 0 Å². The molecule has 2 aromatic carbocycles. The molecule has 36 heavy (non-hydrogen) atoms. The normalized spacial score (nSPS) is 12.1. The van der Waals surface area contributed by atoms with Crippen molar-refractivity contribution in [1.29, 1.82) is 0 Å². The summed E-state index contributed by atoms with van der Waals surface area (Å²) in [6.07, 6.45) is -4.54. The second-order valence-electron chi connectivity index (χ2n) is 7.60. The van der Waals surface area contributed by atoms with Gasteiger partial charge in [0, 0.05) is 12.1 Å². The summed E-state index contributed by atoms with van der Waals surface area (Å²) in [7, 11) is -4.24. The van der Waals surface area contributed by atoms with Gasteiger partial charge >= 0.3 is 6.18 Å². The number of nitrogens with two attached hydrogens (primary N) is 1. The summed E-state index contributed by atoms with van der Waals surface area (Å²) in [5.41, 5.74) is 1.46. The summed E-state index contributed by atoms with van der Waals surface area (Å²) in [6.45, 7) is -1.46. The Morgan fingerprint density at radius 3 is 2.25 bits per heavy atom. The summed E-state index contributed by atoms with van der Waals surface area (Å²) in [4.78, 5) is 12.0. The van der Waals surface area contributed by atoms with Gasteiger partial charge in [0.15, 0.2) is 5.82 Å². The fraction of sp³-hybridized carbons (Fsp3) is 0.136. The summed E-state index contributed by atoms with van der Waals surface area (Å²) in [5.74, 6) is -1.80. The van der Waals surface area contributed by atoms with Crippen LogP contribution in [0, 0.1) is 11.6 Å². The number of aromatic nitrogens is 3. The molecule has 4 rings (SSSR count). The summed E-state index contributed by atoms with van der Waals surface area (Å²) in [6, 6.07) is 11.8. The zero-order chi connectivity index (χ0) is 26.1. The third kappa shape index (κ3) is 6.01. The Bertz CT molecular complexity index is 1530. The fourth-order valence-corrected chi connectivity index (χ4v) is 3.84. The van der Waals surface area contributed by atoms with Crippen LogP contribution in [0.1, 0.15) is 5.56 Å². The number of sulfonamides is 1. The first-order valence-electron chi connectivity index (χ1n) is 10.2. The van der Waals surface area contributed by atoms with E-state index in [1.165, 1.54) is 36.4 Å². The topological polar surface area (TPSA) is 123 Å². The Morgan fingerprint density at radius 2 is 1.61 bits per heavy atom. The number of benzene rings is 2. The molecule has 0 bridgehead atoms. The quantitative estimate of drug-likeness (QED) is 0.310. The van der Waals surface area contributed by atoms with Crippen LogP contribution < -0.4 is 15.8 Å². The van der Waals surface area contributed by atoms with Crippen molar-refractivity contribution in [2.75, 3.05) is 17.2 Å². The maximum atomic E-state index is 14.1. The third-order valence-corrected chi connectivity index (χ3v) is 5.84. The molecular formula is C22H17F5N6O2S. The lowest BCUT2D eigenvalue weighted by Crippen LogP contribution is -2.22. The molecule has 14 heteroatoms. The fourth-order valence-electron chi connectivity index (χ4n) is 3.25. The number of hydrogen-bond donors (Lipinski definition) is 3. The number of primary sulfonamides is 1. The zero-order valence-corrected chi connectivity index (χ0v) is 19.0. The van der Waals surface area contributed by atoms with E-state index in [0.29, 0.717) is 16.8 Å². The Kier molecular flexibility index (Phi) is 6.73. The van der Waals surface area contributed by atoms with Crippen LogP contribution in [0.4, 0.5) is 33.7 Å². The highest BCUT2D eigenvalue weighted by Crippen LogP contribution is 2.27. The Hall–Kier alpha value is -3.91. The Labute approximate surface area is 201 Å². The molecule has 2 aromatic heterocycles. The highest BCUT2D eigenvalue weighted by molar-refractivity contribution is 7.89. The molecule has 0 aliphatic heterocycles. The monoisotopic (exact) mass is 524 g/mol. The van der Waals surface area contributed by atoms with E-state index in [2.05, 4.69) is 25.6 Å². The molecule has 0 saturated heterocycles. The smallest absolute Gasteiger partial charge is 0.359 e. The van der Waals surface area contributed by atoms with Gasteiger partial charge in [-0.3, -0.25) is 0 Å². The maximum Gasteiger partial charge on any atom is 0.405 e. The van der Waals surface area contributed by atoms with Crippen LogP contribution in [-0.2, 0) is 16.6 Å². The van der Waals surface area contributed by atoms with Crippen molar-refractivity contribution in [2.45, 2.75) is 17.6 Å². The number of fused-ring (bicyclic) bond motifs is 1. The van der Waals surface area contributed by atoms with E-state index in [0.717, 1.165) is 12.1 Å².